The van der Waals surface area contributed by atoms with E-state index in [4.69, 9.17) is 0 Å². The van der Waals surface area contributed by atoms with E-state index in [1.807, 2.05) is 42.1 Å². The highest BCUT2D eigenvalue weighted by molar-refractivity contribution is 7.88. The van der Waals surface area contributed by atoms with Gasteiger partial charge in [0.1, 0.15) is 0 Å². The molecule has 23 heavy (non-hydrogen) atoms. The van der Waals surface area contributed by atoms with Gasteiger partial charge in [-0.05, 0) is 18.9 Å². The molecule has 0 spiro atoms. The van der Waals surface area contributed by atoms with Gasteiger partial charge in [-0.2, -0.15) is 0 Å². The van der Waals surface area contributed by atoms with Crippen LogP contribution in [0.5, 0.6) is 0 Å². The highest BCUT2D eigenvalue weighted by Gasteiger charge is 2.27. The third-order valence-electron chi connectivity index (χ3n) is 4.22. The Bertz CT molecular complexity index is 841. The maximum absolute atomic E-state index is 12.9. The number of amides is 1. The summed E-state index contributed by atoms with van der Waals surface area (Å²) in [6, 6.07) is 7.58. The molecule has 7 heteroatoms. The quantitative estimate of drug-likeness (QED) is 0.920. The first-order chi connectivity index (χ1) is 10.8. The molecule has 1 amide bonds. The number of hydrogen-bond acceptors (Lipinski definition) is 3. The van der Waals surface area contributed by atoms with Gasteiger partial charge >= 0.3 is 0 Å². The van der Waals surface area contributed by atoms with Crippen LogP contribution in [0.15, 0.2) is 30.5 Å². The van der Waals surface area contributed by atoms with E-state index in [1.165, 1.54) is 0 Å². The number of carbonyl (C=O) groups is 1. The van der Waals surface area contributed by atoms with Crippen molar-refractivity contribution in [3.05, 3.63) is 36.0 Å². The molecule has 2 heterocycles. The summed E-state index contributed by atoms with van der Waals surface area (Å²) in [6.45, 7) is 1.07. The number of rotatable bonds is 3. The van der Waals surface area contributed by atoms with Gasteiger partial charge in [-0.25, -0.2) is 13.1 Å². The Kier molecular flexibility index (Phi) is 4.16. The number of sulfonamides is 1. The number of carbonyl (C=O) groups excluding carboxylic acids is 1. The van der Waals surface area contributed by atoms with Crippen molar-refractivity contribution in [3.63, 3.8) is 0 Å². The van der Waals surface area contributed by atoms with Gasteiger partial charge in [0.05, 0.1) is 11.8 Å². The van der Waals surface area contributed by atoms with Gasteiger partial charge in [0.15, 0.2) is 0 Å². The topological polar surface area (TPSA) is 71.4 Å². The summed E-state index contributed by atoms with van der Waals surface area (Å²) in [7, 11) is -1.34. The number of para-hydroxylation sites is 1. The number of nitrogens with zero attached hydrogens (tertiary/aromatic N) is 2. The van der Waals surface area contributed by atoms with Gasteiger partial charge in [-0.15, -0.1) is 0 Å². The summed E-state index contributed by atoms with van der Waals surface area (Å²) in [4.78, 5) is 14.6. The third-order valence-corrected chi connectivity index (χ3v) is 4.98. The van der Waals surface area contributed by atoms with Crippen LogP contribution in [0, 0.1) is 0 Å². The molecule has 3 rings (SSSR count). The van der Waals surface area contributed by atoms with E-state index in [9.17, 15) is 13.2 Å². The van der Waals surface area contributed by atoms with E-state index < -0.39 is 10.0 Å². The molecule has 0 saturated carbocycles. The second-order valence-corrected chi connectivity index (χ2v) is 7.93. The molecule has 1 aliphatic heterocycles. The molecular formula is C16H21N3O3S. The fourth-order valence-corrected chi connectivity index (χ4v) is 4.04. The van der Waals surface area contributed by atoms with E-state index in [0.29, 0.717) is 18.7 Å². The first kappa shape index (κ1) is 16.0. The molecule has 2 aromatic rings. The normalized spacial score (nSPS) is 19.2. The van der Waals surface area contributed by atoms with Crippen LogP contribution < -0.4 is 4.72 Å². The third kappa shape index (κ3) is 3.40. The van der Waals surface area contributed by atoms with E-state index >= 15 is 0 Å². The van der Waals surface area contributed by atoms with Crippen molar-refractivity contribution in [2.45, 2.75) is 18.9 Å². The molecule has 1 atom stereocenters. The first-order valence-corrected chi connectivity index (χ1v) is 9.55. The van der Waals surface area contributed by atoms with Crippen molar-refractivity contribution in [1.29, 1.82) is 0 Å². The first-order valence-electron chi connectivity index (χ1n) is 7.66. The van der Waals surface area contributed by atoms with Crippen LogP contribution in [0.4, 0.5) is 0 Å². The van der Waals surface area contributed by atoms with Gasteiger partial charge in [-0.3, -0.25) is 4.79 Å². The van der Waals surface area contributed by atoms with Crippen molar-refractivity contribution in [3.8, 4) is 0 Å². The highest BCUT2D eigenvalue weighted by Crippen LogP contribution is 2.23. The zero-order chi connectivity index (χ0) is 16.6. The lowest BCUT2D eigenvalue weighted by Gasteiger charge is -2.32. The van der Waals surface area contributed by atoms with Crippen molar-refractivity contribution >= 4 is 26.8 Å². The molecular weight excluding hydrogens is 314 g/mol. The zero-order valence-electron chi connectivity index (χ0n) is 13.3. The monoisotopic (exact) mass is 335 g/mol. The second-order valence-electron chi connectivity index (χ2n) is 6.15. The van der Waals surface area contributed by atoms with Gasteiger partial charge in [0, 0.05) is 43.3 Å². The number of piperidine rings is 1. The molecule has 1 aromatic heterocycles. The van der Waals surface area contributed by atoms with Crippen LogP contribution in [0.1, 0.15) is 23.2 Å². The summed E-state index contributed by atoms with van der Waals surface area (Å²) in [6.07, 6.45) is 4.55. The molecule has 0 radical (unpaired) electrons. The molecule has 0 aliphatic carbocycles. The second kappa shape index (κ2) is 5.98. The largest absolute Gasteiger partial charge is 0.350 e. The van der Waals surface area contributed by atoms with Crippen molar-refractivity contribution < 1.29 is 13.2 Å². The molecule has 1 saturated heterocycles. The minimum absolute atomic E-state index is 0.0400. The molecule has 1 aliphatic rings. The predicted octanol–water partition coefficient (Wildman–Crippen LogP) is 1.33. The Morgan fingerprint density at radius 3 is 2.78 bits per heavy atom. The molecule has 0 bridgehead atoms. The molecule has 1 N–H and O–H groups in total. The standard InChI is InChI=1S/C16H21N3O3S/c1-18-11-14(13-7-3-4-8-15(13)18)16(20)19-9-5-6-12(10-19)17-23(2,21)22/h3-4,7-8,11-12,17H,5-6,9-10H2,1-2H3/t12-/m0/s1. The Morgan fingerprint density at radius 2 is 2.04 bits per heavy atom. The van der Waals surface area contributed by atoms with E-state index in [-0.39, 0.29) is 11.9 Å². The summed E-state index contributed by atoms with van der Waals surface area (Å²) >= 11 is 0. The predicted molar refractivity (Wildman–Crippen MR) is 89.8 cm³/mol. The smallest absolute Gasteiger partial charge is 0.256 e. The molecule has 124 valence electrons. The lowest BCUT2D eigenvalue weighted by atomic mass is 10.1. The minimum Gasteiger partial charge on any atom is -0.350 e. The van der Waals surface area contributed by atoms with E-state index in [0.717, 1.165) is 30.0 Å². The summed E-state index contributed by atoms with van der Waals surface area (Å²) in [5.41, 5.74) is 1.68. The van der Waals surface area contributed by atoms with Gasteiger partial charge in [0.2, 0.25) is 10.0 Å². The lowest BCUT2D eigenvalue weighted by Crippen LogP contribution is -2.49. The van der Waals surface area contributed by atoms with E-state index in [2.05, 4.69) is 4.72 Å². The van der Waals surface area contributed by atoms with E-state index in [1.54, 1.807) is 4.90 Å². The van der Waals surface area contributed by atoms with Crippen LogP contribution in [-0.2, 0) is 17.1 Å². The summed E-state index contributed by atoms with van der Waals surface area (Å²) < 4.78 is 27.4. The number of aryl methyl sites for hydroxylation is 1. The maximum atomic E-state index is 12.9. The number of aromatic nitrogens is 1. The Morgan fingerprint density at radius 1 is 1.30 bits per heavy atom. The van der Waals surface area contributed by atoms with Gasteiger partial charge in [-0.1, -0.05) is 18.2 Å². The fourth-order valence-electron chi connectivity index (χ4n) is 3.24. The molecule has 0 unspecified atom stereocenters. The highest BCUT2D eigenvalue weighted by atomic mass is 32.2. The molecule has 6 nitrogen and oxygen atoms in total. The van der Waals surface area contributed by atoms with Crippen LogP contribution >= 0.6 is 0 Å². The fraction of sp³-hybridized carbons (Fsp3) is 0.438. The van der Waals surface area contributed by atoms with Crippen LogP contribution in [0.2, 0.25) is 0 Å². The van der Waals surface area contributed by atoms with Gasteiger partial charge in [0.25, 0.3) is 5.91 Å². The summed E-state index contributed by atoms with van der Waals surface area (Å²) in [5.74, 6) is -0.0400. The average Bonchev–Trinajstić information content (AvgIpc) is 2.83. The van der Waals surface area contributed by atoms with Crippen LogP contribution in [-0.4, -0.2) is 49.2 Å². The number of fused-ring (bicyclic) bond motifs is 1. The lowest BCUT2D eigenvalue weighted by molar-refractivity contribution is 0.0705. The van der Waals surface area contributed by atoms with Crippen molar-refractivity contribution in [2.24, 2.45) is 7.05 Å². The Labute approximate surface area is 136 Å². The average molecular weight is 335 g/mol. The van der Waals surface area contributed by atoms with Crippen molar-refractivity contribution in [1.82, 2.24) is 14.2 Å². The minimum atomic E-state index is -3.26. The summed E-state index contributed by atoms with van der Waals surface area (Å²) in [5, 5.41) is 0.929. The Hall–Kier alpha value is -1.86. The van der Waals surface area contributed by atoms with Crippen LogP contribution in [0.25, 0.3) is 10.9 Å². The van der Waals surface area contributed by atoms with Gasteiger partial charge < -0.3 is 9.47 Å². The maximum Gasteiger partial charge on any atom is 0.256 e. The van der Waals surface area contributed by atoms with Crippen LogP contribution in [0.3, 0.4) is 0 Å². The number of hydrogen-bond donors (Lipinski definition) is 1. The number of likely N-dealkylation sites (tertiary alicyclic amines) is 1. The number of nitrogens with one attached hydrogen (secondary N) is 1. The SMILES string of the molecule is Cn1cc(C(=O)N2CCC[C@H](NS(C)(=O)=O)C2)c2ccccc21. The van der Waals surface area contributed by atoms with Crippen molar-refractivity contribution in [2.75, 3.05) is 19.3 Å². The number of benzene rings is 1. The Balaban J connectivity index is 1.84. The molecule has 1 fully saturated rings. The zero-order valence-corrected chi connectivity index (χ0v) is 14.1. The molecule has 1 aromatic carbocycles.